The molecule has 1 heterocycles. The first kappa shape index (κ1) is 17.9. The van der Waals surface area contributed by atoms with Crippen LogP contribution in [0, 0.1) is 0 Å². The molecular formula is C17H18ClN3O3. The molecule has 0 saturated heterocycles. The second kappa shape index (κ2) is 8.40. The molecule has 0 fully saturated rings. The zero-order valence-corrected chi connectivity index (χ0v) is 14.0. The zero-order valence-electron chi connectivity index (χ0n) is 13.3. The van der Waals surface area contributed by atoms with Gasteiger partial charge in [0.15, 0.2) is 5.69 Å². The van der Waals surface area contributed by atoms with Crippen molar-refractivity contribution in [3.8, 4) is 0 Å². The predicted octanol–water partition coefficient (Wildman–Crippen LogP) is 3.27. The van der Waals surface area contributed by atoms with Crippen LogP contribution in [-0.4, -0.2) is 38.4 Å². The van der Waals surface area contributed by atoms with Gasteiger partial charge in [-0.15, -0.1) is 0 Å². The monoisotopic (exact) mass is 347 g/mol. The lowest BCUT2D eigenvalue weighted by Gasteiger charge is -2.22. The summed E-state index contributed by atoms with van der Waals surface area (Å²) < 4.78 is 0. The van der Waals surface area contributed by atoms with Crippen LogP contribution >= 0.6 is 11.6 Å². The Morgan fingerprint density at radius 2 is 1.83 bits per heavy atom. The maximum Gasteiger partial charge on any atom is 0.356 e. The summed E-state index contributed by atoms with van der Waals surface area (Å²) in [6, 6.07) is 7.35. The van der Waals surface area contributed by atoms with Crippen LogP contribution in [-0.2, 0) is 6.54 Å². The number of carbonyl (C=O) groups excluding carboxylic acids is 1. The number of amides is 1. The van der Waals surface area contributed by atoms with Crippen LogP contribution in [0.2, 0.25) is 5.02 Å². The molecule has 0 bridgehead atoms. The van der Waals surface area contributed by atoms with E-state index in [1.54, 1.807) is 11.0 Å². The molecule has 0 unspecified atom stereocenters. The van der Waals surface area contributed by atoms with Gasteiger partial charge >= 0.3 is 5.97 Å². The average molecular weight is 348 g/mol. The lowest BCUT2D eigenvalue weighted by Crippen LogP contribution is -2.32. The lowest BCUT2D eigenvalue weighted by atomic mass is 10.2. The quantitative estimate of drug-likeness (QED) is 0.831. The van der Waals surface area contributed by atoms with Crippen molar-refractivity contribution >= 4 is 23.5 Å². The Morgan fingerprint density at radius 3 is 2.42 bits per heavy atom. The largest absolute Gasteiger partial charge is 0.476 e. The lowest BCUT2D eigenvalue weighted by molar-refractivity contribution is 0.0684. The second-order valence-corrected chi connectivity index (χ2v) is 5.67. The van der Waals surface area contributed by atoms with Gasteiger partial charge in [0.1, 0.15) is 5.69 Å². The number of benzene rings is 1. The predicted molar refractivity (Wildman–Crippen MR) is 90.1 cm³/mol. The van der Waals surface area contributed by atoms with Crippen LogP contribution in [0.5, 0.6) is 0 Å². The van der Waals surface area contributed by atoms with Gasteiger partial charge in [-0.3, -0.25) is 4.79 Å². The van der Waals surface area contributed by atoms with E-state index in [1.807, 2.05) is 25.1 Å². The van der Waals surface area contributed by atoms with E-state index in [4.69, 9.17) is 16.7 Å². The number of nitrogens with zero attached hydrogens (tertiary/aromatic N) is 3. The van der Waals surface area contributed by atoms with Crippen LogP contribution < -0.4 is 0 Å². The molecule has 7 heteroatoms. The Morgan fingerprint density at radius 1 is 1.17 bits per heavy atom. The molecule has 0 radical (unpaired) electrons. The minimum atomic E-state index is -1.18. The van der Waals surface area contributed by atoms with Crippen LogP contribution in [0.4, 0.5) is 0 Å². The van der Waals surface area contributed by atoms with Gasteiger partial charge in [0.2, 0.25) is 0 Å². The van der Waals surface area contributed by atoms with Gasteiger partial charge in [0.05, 0.1) is 12.4 Å². The number of unbranched alkanes of at least 4 members (excludes halogenated alkanes) is 1. The topological polar surface area (TPSA) is 83.4 Å². The van der Waals surface area contributed by atoms with Crippen LogP contribution in [0.3, 0.4) is 0 Å². The number of hydrogen-bond donors (Lipinski definition) is 1. The van der Waals surface area contributed by atoms with Crippen LogP contribution in [0.1, 0.15) is 46.3 Å². The molecule has 126 valence electrons. The van der Waals surface area contributed by atoms with E-state index in [-0.39, 0.29) is 17.3 Å². The fraction of sp³-hybridized carbons (Fsp3) is 0.294. The van der Waals surface area contributed by atoms with Crippen molar-refractivity contribution in [2.24, 2.45) is 0 Å². The number of rotatable bonds is 7. The number of carboxylic acids is 1. The smallest absolute Gasteiger partial charge is 0.356 e. The highest BCUT2D eigenvalue weighted by molar-refractivity contribution is 6.31. The molecule has 0 atom stereocenters. The van der Waals surface area contributed by atoms with E-state index in [1.165, 1.54) is 6.20 Å². The summed E-state index contributed by atoms with van der Waals surface area (Å²) in [5, 5.41) is 9.45. The van der Waals surface area contributed by atoms with Crippen molar-refractivity contribution in [1.82, 2.24) is 14.9 Å². The van der Waals surface area contributed by atoms with Gasteiger partial charge < -0.3 is 10.0 Å². The highest BCUT2D eigenvalue weighted by atomic mass is 35.5. The van der Waals surface area contributed by atoms with E-state index in [9.17, 15) is 9.59 Å². The molecule has 0 aliphatic carbocycles. The van der Waals surface area contributed by atoms with Crippen LogP contribution in [0.15, 0.2) is 36.7 Å². The summed E-state index contributed by atoms with van der Waals surface area (Å²) >= 11 is 6.18. The van der Waals surface area contributed by atoms with Crippen LogP contribution in [0.25, 0.3) is 0 Å². The molecule has 1 aromatic heterocycles. The molecule has 1 aromatic carbocycles. The Balaban J connectivity index is 2.21. The molecule has 0 spiro atoms. The normalized spacial score (nSPS) is 10.4. The van der Waals surface area contributed by atoms with Crippen molar-refractivity contribution in [2.75, 3.05) is 6.54 Å². The third-order valence-electron chi connectivity index (χ3n) is 3.48. The second-order valence-electron chi connectivity index (χ2n) is 5.26. The van der Waals surface area contributed by atoms with Crippen molar-refractivity contribution in [3.05, 3.63) is 58.6 Å². The minimum Gasteiger partial charge on any atom is -0.476 e. The Hall–Kier alpha value is -2.47. The van der Waals surface area contributed by atoms with E-state index >= 15 is 0 Å². The number of aromatic carboxylic acids is 1. The van der Waals surface area contributed by atoms with E-state index < -0.39 is 5.97 Å². The van der Waals surface area contributed by atoms with Gasteiger partial charge in [-0.25, -0.2) is 14.8 Å². The third kappa shape index (κ3) is 4.52. The van der Waals surface area contributed by atoms with Crippen molar-refractivity contribution in [3.63, 3.8) is 0 Å². The Labute approximate surface area is 145 Å². The number of hydrogen-bond acceptors (Lipinski definition) is 4. The van der Waals surface area contributed by atoms with Gasteiger partial charge in [-0.2, -0.15) is 0 Å². The third-order valence-corrected chi connectivity index (χ3v) is 3.85. The van der Waals surface area contributed by atoms with E-state index in [0.29, 0.717) is 18.1 Å². The molecule has 2 rings (SSSR count). The van der Waals surface area contributed by atoms with Gasteiger partial charge in [0.25, 0.3) is 5.91 Å². The standard InChI is InChI=1S/C17H18ClN3O3/c1-2-3-8-21(11-12-6-4-5-7-13(12)18)16(22)14-9-20-15(10-19-14)17(23)24/h4-7,9-10H,2-3,8,11H2,1H3,(H,23,24). The molecule has 1 amide bonds. The zero-order chi connectivity index (χ0) is 17.5. The number of carbonyl (C=O) groups is 2. The molecule has 2 aromatic rings. The number of carboxylic acid groups (broad SMARTS) is 1. The van der Waals surface area contributed by atoms with E-state index in [0.717, 1.165) is 24.6 Å². The van der Waals surface area contributed by atoms with Crippen molar-refractivity contribution < 1.29 is 14.7 Å². The molecule has 0 saturated carbocycles. The Kier molecular flexibility index (Phi) is 6.26. The average Bonchev–Trinajstić information content (AvgIpc) is 2.59. The highest BCUT2D eigenvalue weighted by Crippen LogP contribution is 2.18. The van der Waals surface area contributed by atoms with E-state index in [2.05, 4.69) is 9.97 Å². The summed E-state index contributed by atoms with van der Waals surface area (Å²) in [4.78, 5) is 32.8. The number of halogens is 1. The number of aromatic nitrogens is 2. The maximum absolute atomic E-state index is 12.7. The summed E-state index contributed by atoms with van der Waals surface area (Å²) in [6.45, 7) is 2.96. The maximum atomic E-state index is 12.7. The first-order chi connectivity index (χ1) is 11.5. The van der Waals surface area contributed by atoms with Crippen molar-refractivity contribution in [2.45, 2.75) is 26.3 Å². The Bertz CT molecular complexity index is 719. The summed E-state index contributed by atoms with van der Waals surface area (Å²) in [6.07, 6.45) is 4.06. The molecule has 1 N–H and O–H groups in total. The fourth-order valence-electron chi connectivity index (χ4n) is 2.14. The molecule has 24 heavy (non-hydrogen) atoms. The summed E-state index contributed by atoms with van der Waals surface area (Å²) in [5.74, 6) is -1.48. The van der Waals surface area contributed by atoms with Gasteiger partial charge in [-0.05, 0) is 18.1 Å². The fourth-order valence-corrected chi connectivity index (χ4v) is 2.34. The minimum absolute atomic E-state index is 0.114. The van der Waals surface area contributed by atoms with Gasteiger partial charge in [0, 0.05) is 18.1 Å². The SMILES string of the molecule is CCCCN(Cc1ccccc1Cl)C(=O)c1cnc(C(=O)O)cn1. The highest BCUT2D eigenvalue weighted by Gasteiger charge is 2.19. The van der Waals surface area contributed by atoms with Crippen molar-refractivity contribution in [1.29, 1.82) is 0 Å². The van der Waals surface area contributed by atoms with Gasteiger partial charge in [-0.1, -0.05) is 43.1 Å². The molecule has 0 aliphatic heterocycles. The molecular weight excluding hydrogens is 330 g/mol. The first-order valence-electron chi connectivity index (χ1n) is 7.61. The molecule has 0 aliphatic rings. The summed E-state index contributed by atoms with van der Waals surface area (Å²) in [5.41, 5.74) is 0.764. The summed E-state index contributed by atoms with van der Waals surface area (Å²) in [7, 11) is 0. The first-order valence-corrected chi connectivity index (χ1v) is 7.98. The molecule has 6 nitrogen and oxygen atoms in total.